The number of nitrogens with zero attached hydrogens (tertiary/aromatic N) is 4. The first kappa shape index (κ1) is 22.4. The number of carbonyl (C=O) groups is 2. The van der Waals surface area contributed by atoms with Crippen LogP contribution in [0.25, 0.3) is 0 Å². The Hall–Kier alpha value is -2.79. The van der Waals surface area contributed by atoms with Gasteiger partial charge >= 0.3 is 0 Å². The molecule has 0 fully saturated rings. The van der Waals surface area contributed by atoms with Gasteiger partial charge in [0.2, 0.25) is 11.8 Å². The minimum atomic E-state index is -0.330. The van der Waals surface area contributed by atoms with Crippen molar-refractivity contribution >= 4 is 29.9 Å². The molecule has 3 atom stereocenters. The van der Waals surface area contributed by atoms with Crippen LogP contribution in [0.5, 0.6) is 0 Å². The lowest BCUT2D eigenvalue weighted by molar-refractivity contribution is -0.131. The van der Waals surface area contributed by atoms with E-state index in [-0.39, 0.29) is 29.0 Å². The zero-order chi connectivity index (χ0) is 22.5. The van der Waals surface area contributed by atoms with E-state index in [2.05, 4.69) is 21.3 Å². The molecule has 0 saturated heterocycles. The van der Waals surface area contributed by atoms with Crippen molar-refractivity contribution in [3.8, 4) is 6.07 Å². The van der Waals surface area contributed by atoms with Crippen molar-refractivity contribution in [2.24, 2.45) is 10.9 Å². The zero-order valence-corrected chi connectivity index (χ0v) is 19.2. The van der Waals surface area contributed by atoms with E-state index in [1.807, 2.05) is 48.5 Å². The Morgan fingerprint density at radius 2 is 2.12 bits per heavy atom. The van der Waals surface area contributed by atoms with Crippen molar-refractivity contribution in [1.29, 1.82) is 5.26 Å². The van der Waals surface area contributed by atoms with E-state index < -0.39 is 0 Å². The van der Waals surface area contributed by atoms with Crippen LogP contribution >= 0.6 is 11.8 Å². The number of nitriles is 1. The number of aliphatic imine (C=N–C) groups is 1. The highest BCUT2D eigenvalue weighted by Gasteiger charge is 2.39. The van der Waals surface area contributed by atoms with Crippen molar-refractivity contribution < 1.29 is 9.59 Å². The third-order valence-electron chi connectivity index (χ3n) is 6.32. The van der Waals surface area contributed by atoms with E-state index in [1.165, 1.54) is 0 Å². The van der Waals surface area contributed by atoms with Gasteiger partial charge in [-0.1, -0.05) is 37.3 Å². The van der Waals surface area contributed by atoms with Crippen molar-refractivity contribution in [3.05, 3.63) is 46.4 Å². The van der Waals surface area contributed by atoms with Crippen LogP contribution in [0.15, 0.2) is 45.8 Å². The molecule has 8 heteroatoms. The first-order valence-corrected chi connectivity index (χ1v) is 12.1. The molecule has 168 valence electrons. The summed E-state index contributed by atoms with van der Waals surface area (Å²) >= 11 is 1.54. The average Bonchev–Trinajstić information content (AvgIpc) is 3.44. The van der Waals surface area contributed by atoms with Gasteiger partial charge in [-0.3, -0.25) is 14.6 Å². The number of nitrogens with one attached hydrogen (secondary N) is 1. The average molecular weight is 452 g/mol. The molecule has 3 unspecified atom stereocenters. The van der Waals surface area contributed by atoms with E-state index in [0.29, 0.717) is 38.9 Å². The second kappa shape index (κ2) is 10.2. The fraction of sp³-hybridized carbons (Fsp3) is 0.500. The lowest BCUT2D eigenvalue weighted by atomic mass is 9.94. The van der Waals surface area contributed by atoms with Gasteiger partial charge in [-0.15, -0.1) is 11.8 Å². The zero-order valence-electron chi connectivity index (χ0n) is 18.4. The fourth-order valence-corrected chi connectivity index (χ4v) is 5.91. The minimum Gasteiger partial charge on any atom is -0.361 e. The van der Waals surface area contributed by atoms with Crippen molar-refractivity contribution in [1.82, 2.24) is 15.1 Å². The van der Waals surface area contributed by atoms with Crippen LogP contribution in [0.4, 0.5) is 0 Å². The highest BCUT2D eigenvalue weighted by Crippen LogP contribution is 2.44. The largest absolute Gasteiger partial charge is 0.361 e. The van der Waals surface area contributed by atoms with Crippen molar-refractivity contribution in [2.75, 3.05) is 32.7 Å². The summed E-state index contributed by atoms with van der Waals surface area (Å²) in [6, 6.07) is 12.4. The van der Waals surface area contributed by atoms with Crippen LogP contribution in [0, 0.1) is 17.2 Å². The predicted octanol–water partition coefficient (Wildman–Crippen LogP) is 2.73. The summed E-state index contributed by atoms with van der Waals surface area (Å²) in [6.07, 6.45) is 3.37. The summed E-state index contributed by atoms with van der Waals surface area (Å²) in [6.45, 7) is 5.59. The lowest BCUT2D eigenvalue weighted by Crippen LogP contribution is -2.38. The van der Waals surface area contributed by atoms with E-state index in [9.17, 15) is 14.9 Å². The topological polar surface area (TPSA) is 88.8 Å². The SMILES string of the molecule is CC(CC(=O)NC1SC2=C(CCN(C(=O)CCN3C=NCC3)C2)C1C#N)c1ccccc1. The summed E-state index contributed by atoms with van der Waals surface area (Å²) in [5, 5.41) is 12.6. The first-order chi connectivity index (χ1) is 15.5. The van der Waals surface area contributed by atoms with Gasteiger partial charge < -0.3 is 15.1 Å². The van der Waals surface area contributed by atoms with Crippen LogP contribution in [0.3, 0.4) is 0 Å². The second-order valence-electron chi connectivity index (χ2n) is 8.55. The summed E-state index contributed by atoms with van der Waals surface area (Å²) in [4.78, 5) is 34.6. The Morgan fingerprint density at radius 1 is 1.31 bits per heavy atom. The monoisotopic (exact) mass is 451 g/mol. The van der Waals surface area contributed by atoms with Crippen molar-refractivity contribution in [2.45, 2.75) is 37.5 Å². The molecular formula is C24H29N5O2S. The van der Waals surface area contributed by atoms with Crippen LogP contribution in [0.1, 0.15) is 37.7 Å². The molecule has 3 aliphatic rings. The number of thioether (sulfide) groups is 1. The molecule has 0 bridgehead atoms. The van der Waals surface area contributed by atoms with Gasteiger partial charge in [-0.2, -0.15) is 5.26 Å². The summed E-state index contributed by atoms with van der Waals surface area (Å²) in [5.41, 5.74) is 2.22. The molecule has 3 heterocycles. The highest BCUT2D eigenvalue weighted by molar-refractivity contribution is 8.04. The van der Waals surface area contributed by atoms with E-state index >= 15 is 0 Å². The van der Waals surface area contributed by atoms with Crippen LogP contribution in [0.2, 0.25) is 0 Å². The van der Waals surface area contributed by atoms with Gasteiger partial charge in [0.15, 0.2) is 0 Å². The van der Waals surface area contributed by atoms with E-state index in [4.69, 9.17) is 0 Å². The smallest absolute Gasteiger partial charge is 0.224 e. The summed E-state index contributed by atoms with van der Waals surface area (Å²) in [7, 11) is 0. The predicted molar refractivity (Wildman–Crippen MR) is 126 cm³/mol. The molecule has 2 amide bonds. The maximum Gasteiger partial charge on any atom is 0.224 e. The van der Waals surface area contributed by atoms with E-state index in [1.54, 1.807) is 11.8 Å². The maximum absolute atomic E-state index is 12.7. The quantitative estimate of drug-likeness (QED) is 0.689. The molecule has 4 rings (SSSR count). The van der Waals surface area contributed by atoms with E-state index in [0.717, 1.165) is 29.1 Å². The Bertz CT molecular complexity index is 955. The standard InChI is InChI=1S/C24H29N5O2S/c1-17(18-5-3-2-4-6-18)13-22(30)27-24-20(14-25)19-7-11-29(15-21(19)32-24)23(31)8-10-28-12-9-26-16-28/h2-6,16-17,20,24H,7-13,15H2,1H3,(H,27,30). The molecule has 0 saturated carbocycles. The molecule has 3 aliphatic heterocycles. The van der Waals surface area contributed by atoms with Crippen molar-refractivity contribution in [3.63, 3.8) is 0 Å². The number of carbonyl (C=O) groups excluding carboxylic acids is 2. The molecule has 7 nitrogen and oxygen atoms in total. The molecule has 0 aliphatic carbocycles. The third-order valence-corrected chi connectivity index (χ3v) is 7.64. The van der Waals surface area contributed by atoms with Gasteiger partial charge in [0.25, 0.3) is 0 Å². The molecule has 1 N–H and O–H groups in total. The lowest BCUT2D eigenvalue weighted by Gasteiger charge is -2.29. The first-order valence-electron chi connectivity index (χ1n) is 11.2. The van der Waals surface area contributed by atoms with Gasteiger partial charge in [0, 0.05) is 37.4 Å². The van der Waals surface area contributed by atoms with Gasteiger partial charge in [0.05, 0.1) is 36.8 Å². The number of rotatable bonds is 7. The number of hydrogen-bond donors (Lipinski definition) is 1. The van der Waals surface area contributed by atoms with Gasteiger partial charge in [0.1, 0.15) is 0 Å². The molecule has 1 aromatic rings. The van der Waals surface area contributed by atoms with Crippen LogP contribution in [-0.2, 0) is 9.59 Å². The number of hydrogen-bond acceptors (Lipinski definition) is 6. The maximum atomic E-state index is 12.7. The molecule has 0 spiro atoms. The fourth-order valence-electron chi connectivity index (χ4n) is 4.45. The molecule has 0 aromatic heterocycles. The Morgan fingerprint density at radius 3 is 2.84 bits per heavy atom. The number of benzene rings is 1. The van der Waals surface area contributed by atoms with Gasteiger partial charge in [-0.05, 0) is 23.5 Å². The second-order valence-corrected chi connectivity index (χ2v) is 9.79. The van der Waals surface area contributed by atoms with Crippen LogP contribution < -0.4 is 5.32 Å². The highest BCUT2D eigenvalue weighted by atomic mass is 32.2. The molecular weight excluding hydrogens is 422 g/mol. The third kappa shape index (κ3) is 5.16. The Kier molecular flexibility index (Phi) is 7.15. The van der Waals surface area contributed by atoms with Crippen LogP contribution in [-0.4, -0.2) is 66.1 Å². The number of amides is 2. The Labute approximate surface area is 193 Å². The summed E-state index contributed by atoms with van der Waals surface area (Å²) < 4.78 is 0. The molecule has 0 radical (unpaired) electrons. The minimum absolute atomic E-state index is 0.0424. The molecule has 1 aromatic carbocycles. The normalized spacial score (nSPS) is 23.1. The Balaban J connectivity index is 1.30. The molecule has 32 heavy (non-hydrogen) atoms. The summed E-state index contributed by atoms with van der Waals surface area (Å²) in [5.74, 6) is -0.127. The van der Waals surface area contributed by atoms with Gasteiger partial charge in [-0.25, -0.2) is 0 Å².